The number of carboxylic acid groups (broad SMARTS) is 1. The predicted octanol–water partition coefficient (Wildman–Crippen LogP) is 2.27. The van der Waals surface area contributed by atoms with Gasteiger partial charge in [-0.05, 0) is 30.2 Å². The Kier molecular flexibility index (Phi) is 3.88. The van der Waals surface area contributed by atoms with Gasteiger partial charge in [-0.25, -0.2) is 0 Å². The minimum Gasteiger partial charge on any atom is -0.480 e. The van der Waals surface area contributed by atoms with Crippen LogP contribution in [0.4, 0.5) is 0 Å². The fourth-order valence-electron chi connectivity index (χ4n) is 1.56. The van der Waals surface area contributed by atoms with Crippen molar-refractivity contribution in [3.05, 3.63) is 33.8 Å². The lowest BCUT2D eigenvalue weighted by molar-refractivity contribution is -0.139. The largest absolute Gasteiger partial charge is 0.480 e. The number of rotatable bonds is 3. The molecule has 2 atom stereocenters. The smallest absolute Gasteiger partial charge is 0.321 e. The van der Waals surface area contributed by atoms with Crippen LogP contribution in [-0.4, -0.2) is 17.1 Å². The highest BCUT2D eigenvalue weighted by atomic mass is 79.9. The molecule has 0 aliphatic rings. The Labute approximate surface area is 97.4 Å². The number of nitrogens with two attached hydrogens (primary N) is 1. The van der Waals surface area contributed by atoms with Crippen molar-refractivity contribution in [2.75, 3.05) is 0 Å². The first-order valence-electron chi connectivity index (χ1n) is 4.68. The molecule has 0 heterocycles. The minimum absolute atomic E-state index is 0.185. The van der Waals surface area contributed by atoms with Crippen molar-refractivity contribution in [2.45, 2.75) is 25.8 Å². The maximum Gasteiger partial charge on any atom is 0.321 e. The van der Waals surface area contributed by atoms with Crippen molar-refractivity contribution in [1.29, 1.82) is 0 Å². The van der Waals surface area contributed by atoms with E-state index < -0.39 is 12.0 Å². The van der Waals surface area contributed by atoms with Crippen LogP contribution in [0.25, 0.3) is 0 Å². The topological polar surface area (TPSA) is 63.3 Å². The van der Waals surface area contributed by atoms with Crippen molar-refractivity contribution < 1.29 is 9.90 Å². The monoisotopic (exact) mass is 271 g/mol. The molecule has 1 aromatic rings. The average Bonchev–Trinajstić information content (AvgIpc) is 2.15. The van der Waals surface area contributed by atoms with Crippen LogP contribution in [0.2, 0.25) is 0 Å². The van der Waals surface area contributed by atoms with Gasteiger partial charge in [-0.1, -0.05) is 28.9 Å². The summed E-state index contributed by atoms with van der Waals surface area (Å²) in [4.78, 5) is 10.8. The summed E-state index contributed by atoms with van der Waals surface area (Å²) >= 11 is 3.36. The third kappa shape index (κ3) is 2.79. The van der Waals surface area contributed by atoms with E-state index >= 15 is 0 Å². The summed E-state index contributed by atoms with van der Waals surface area (Å²) < 4.78 is 0.986. The number of aryl methyl sites for hydroxylation is 1. The van der Waals surface area contributed by atoms with Gasteiger partial charge in [0.1, 0.15) is 6.04 Å². The molecule has 0 saturated carbocycles. The number of hydrogen-bond donors (Lipinski definition) is 2. The molecule has 0 amide bonds. The Hall–Kier alpha value is -0.870. The summed E-state index contributed by atoms with van der Waals surface area (Å²) in [5.74, 6) is -1.15. The third-order valence-corrected chi connectivity index (χ3v) is 3.04. The summed E-state index contributed by atoms with van der Waals surface area (Å²) in [6.45, 7) is 3.78. The quantitative estimate of drug-likeness (QED) is 0.887. The number of halogens is 1. The number of carbonyl (C=O) groups is 1. The lowest BCUT2D eigenvalue weighted by atomic mass is 9.91. The van der Waals surface area contributed by atoms with Gasteiger partial charge in [0.2, 0.25) is 0 Å². The zero-order valence-corrected chi connectivity index (χ0v) is 10.3. The second-order valence-corrected chi connectivity index (χ2v) is 4.57. The molecule has 0 aliphatic heterocycles. The summed E-state index contributed by atoms with van der Waals surface area (Å²) in [7, 11) is 0. The normalized spacial score (nSPS) is 14.7. The molecule has 3 nitrogen and oxygen atoms in total. The van der Waals surface area contributed by atoms with Gasteiger partial charge in [0.15, 0.2) is 0 Å². The molecule has 2 unspecified atom stereocenters. The average molecular weight is 272 g/mol. The molecule has 15 heavy (non-hydrogen) atoms. The Bertz CT molecular complexity index is 379. The Balaban J connectivity index is 3.01. The number of hydrogen-bond acceptors (Lipinski definition) is 2. The van der Waals surface area contributed by atoms with E-state index in [0.29, 0.717) is 0 Å². The SMILES string of the molecule is Cc1cc(Br)ccc1C(C)C(N)C(=O)O. The highest BCUT2D eigenvalue weighted by Gasteiger charge is 2.22. The molecule has 1 rings (SSSR count). The van der Waals surface area contributed by atoms with Crippen LogP contribution in [0.1, 0.15) is 24.0 Å². The van der Waals surface area contributed by atoms with Crippen molar-refractivity contribution in [3.8, 4) is 0 Å². The van der Waals surface area contributed by atoms with Gasteiger partial charge in [-0.3, -0.25) is 4.79 Å². The standard InChI is InChI=1S/C11H14BrNO2/c1-6-5-8(12)3-4-9(6)7(2)10(13)11(14)15/h3-5,7,10H,13H2,1-2H3,(H,14,15). The molecule has 0 aliphatic carbocycles. The van der Waals surface area contributed by atoms with Gasteiger partial charge in [0.05, 0.1) is 0 Å². The predicted molar refractivity (Wildman–Crippen MR) is 62.9 cm³/mol. The fourth-order valence-corrected chi connectivity index (χ4v) is 2.03. The maximum atomic E-state index is 10.8. The van der Waals surface area contributed by atoms with Crippen LogP contribution in [0.3, 0.4) is 0 Å². The van der Waals surface area contributed by atoms with Crippen LogP contribution in [0.5, 0.6) is 0 Å². The van der Waals surface area contributed by atoms with Crippen LogP contribution < -0.4 is 5.73 Å². The van der Waals surface area contributed by atoms with Crippen molar-refractivity contribution in [3.63, 3.8) is 0 Å². The zero-order valence-electron chi connectivity index (χ0n) is 8.70. The van der Waals surface area contributed by atoms with Gasteiger partial charge in [0.25, 0.3) is 0 Å². The lowest BCUT2D eigenvalue weighted by Crippen LogP contribution is -2.35. The Morgan fingerprint density at radius 1 is 1.53 bits per heavy atom. The maximum absolute atomic E-state index is 10.8. The molecular weight excluding hydrogens is 258 g/mol. The second kappa shape index (κ2) is 4.77. The van der Waals surface area contributed by atoms with E-state index in [1.807, 2.05) is 32.0 Å². The highest BCUT2D eigenvalue weighted by Crippen LogP contribution is 2.24. The first-order valence-corrected chi connectivity index (χ1v) is 5.47. The minimum atomic E-state index is -0.968. The molecule has 0 saturated heterocycles. The van der Waals surface area contributed by atoms with Crippen LogP contribution in [0, 0.1) is 6.92 Å². The van der Waals surface area contributed by atoms with E-state index in [0.717, 1.165) is 15.6 Å². The summed E-state index contributed by atoms with van der Waals surface area (Å²) in [5, 5.41) is 8.82. The van der Waals surface area contributed by atoms with Crippen molar-refractivity contribution in [1.82, 2.24) is 0 Å². The van der Waals surface area contributed by atoms with E-state index in [1.165, 1.54) is 0 Å². The Morgan fingerprint density at radius 2 is 2.13 bits per heavy atom. The molecule has 0 fully saturated rings. The summed E-state index contributed by atoms with van der Waals surface area (Å²) in [6, 6.07) is 4.91. The zero-order chi connectivity index (χ0) is 11.6. The molecule has 1 aromatic carbocycles. The van der Waals surface area contributed by atoms with Gasteiger partial charge >= 0.3 is 5.97 Å². The molecule has 0 radical (unpaired) electrons. The van der Waals surface area contributed by atoms with E-state index in [9.17, 15) is 4.79 Å². The molecular formula is C11H14BrNO2. The first-order chi connectivity index (χ1) is 6.93. The number of benzene rings is 1. The summed E-state index contributed by atoms with van der Waals surface area (Å²) in [5.41, 5.74) is 7.62. The van der Waals surface area contributed by atoms with Gasteiger partial charge in [0, 0.05) is 10.4 Å². The molecule has 0 bridgehead atoms. The summed E-state index contributed by atoms with van der Waals surface area (Å²) in [6.07, 6.45) is 0. The highest BCUT2D eigenvalue weighted by molar-refractivity contribution is 9.10. The molecule has 82 valence electrons. The van der Waals surface area contributed by atoms with Gasteiger partial charge in [-0.2, -0.15) is 0 Å². The van der Waals surface area contributed by atoms with E-state index in [-0.39, 0.29) is 5.92 Å². The molecule has 3 N–H and O–H groups in total. The van der Waals surface area contributed by atoms with E-state index in [4.69, 9.17) is 10.8 Å². The van der Waals surface area contributed by atoms with Gasteiger partial charge < -0.3 is 10.8 Å². The number of aliphatic carboxylic acids is 1. The van der Waals surface area contributed by atoms with Crippen molar-refractivity contribution >= 4 is 21.9 Å². The van der Waals surface area contributed by atoms with E-state index in [2.05, 4.69) is 15.9 Å². The van der Waals surface area contributed by atoms with Crippen molar-refractivity contribution in [2.24, 2.45) is 5.73 Å². The number of carboxylic acids is 1. The first kappa shape index (κ1) is 12.2. The molecule has 0 aromatic heterocycles. The second-order valence-electron chi connectivity index (χ2n) is 3.65. The van der Waals surface area contributed by atoms with Crippen LogP contribution in [0.15, 0.2) is 22.7 Å². The molecule has 4 heteroatoms. The van der Waals surface area contributed by atoms with Crippen LogP contribution in [-0.2, 0) is 4.79 Å². The molecule has 0 spiro atoms. The Morgan fingerprint density at radius 3 is 2.60 bits per heavy atom. The van der Waals surface area contributed by atoms with E-state index in [1.54, 1.807) is 0 Å². The fraction of sp³-hybridized carbons (Fsp3) is 0.364. The third-order valence-electron chi connectivity index (χ3n) is 2.55. The van der Waals surface area contributed by atoms with Gasteiger partial charge in [-0.15, -0.1) is 0 Å². The van der Waals surface area contributed by atoms with Crippen LogP contribution >= 0.6 is 15.9 Å². The lowest BCUT2D eigenvalue weighted by Gasteiger charge is -2.18.